The number of hydrogen-bond acceptors (Lipinski definition) is 3. The number of rotatable bonds is 4. The first-order valence-corrected chi connectivity index (χ1v) is 8.81. The van der Waals surface area contributed by atoms with E-state index in [1.54, 1.807) is 18.2 Å². The highest BCUT2D eigenvalue weighted by Crippen LogP contribution is 2.31. The summed E-state index contributed by atoms with van der Waals surface area (Å²) >= 11 is 3.50. The first-order valence-electron chi connectivity index (χ1n) is 8.02. The van der Waals surface area contributed by atoms with E-state index in [9.17, 15) is 14.4 Å². The standard InChI is InChI=1S/C21H14BrFN2O2/c1-13-6-8-16(17(22)10-13)20-9-7-15(27-20)11-14(12-24)21(26)25-19-5-3-2-4-18(19)23/h2-11H,1H3,(H,25,26). The van der Waals surface area contributed by atoms with Crippen molar-refractivity contribution < 1.29 is 13.6 Å². The van der Waals surface area contributed by atoms with Gasteiger partial charge < -0.3 is 9.73 Å². The Morgan fingerprint density at radius 1 is 1.22 bits per heavy atom. The molecule has 4 nitrogen and oxygen atoms in total. The number of amides is 1. The van der Waals surface area contributed by atoms with Gasteiger partial charge in [-0.25, -0.2) is 4.39 Å². The van der Waals surface area contributed by atoms with E-state index in [2.05, 4.69) is 21.2 Å². The van der Waals surface area contributed by atoms with Gasteiger partial charge in [0.15, 0.2) is 0 Å². The van der Waals surface area contributed by atoms with Crippen LogP contribution in [-0.2, 0) is 4.79 Å². The van der Waals surface area contributed by atoms with Gasteiger partial charge in [-0.05, 0) is 48.9 Å². The molecule has 1 aromatic heterocycles. The van der Waals surface area contributed by atoms with E-state index in [4.69, 9.17) is 4.42 Å². The molecule has 1 amide bonds. The smallest absolute Gasteiger partial charge is 0.266 e. The van der Waals surface area contributed by atoms with Crippen LogP contribution in [0.3, 0.4) is 0 Å². The fourth-order valence-corrected chi connectivity index (χ4v) is 3.13. The lowest BCUT2D eigenvalue weighted by molar-refractivity contribution is -0.112. The highest BCUT2D eigenvalue weighted by Gasteiger charge is 2.14. The van der Waals surface area contributed by atoms with Gasteiger partial charge >= 0.3 is 0 Å². The van der Waals surface area contributed by atoms with Gasteiger partial charge in [-0.2, -0.15) is 5.26 Å². The van der Waals surface area contributed by atoms with Crippen molar-refractivity contribution in [2.45, 2.75) is 6.92 Å². The number of carbonyl (C=O) groups excluding carboxylic acids is 1. The van der Waals surface area contributed by atoms with Gasteiger partial charge in [0.2, 0.25) is 0 Å². The molecule has 0 saturated heterocycles. The maximum absolute atomic E-state index is 13.7. The summed E-state index contributed by atoms with van der Waals surface area (Å²) in [4.78, 5) is 12.3. The van der Waals surface area contributed by atoms with Crippen molar-refractivity contribution in [1.29, 1.82) is 5.26 Å². The van der Waals surface area contributed by atoms with Gasteiger partial charge in [0.1, 0.15) is 29.0 Å². The molecule has 2 aromatic carbocycles. The van der Waals surface area contributed by atoms with E-state index in [-0.39, 0.29) is 11.3 Å². The molecule has 3 aromatic rings. The van der Waals surface area contributed by atoms with E-state index >= 15 is 0 Å². The Kier molecular flexibility index (Phi) is 5.53. The summed E-state index contributed by atoms with van der Waals surface area (Å²) in [6.07, 6.45) is 1.32. The predicted octanol–water partition coefficient (Wildman–Crippen LogP) is 5.70. The Labute approximate surface area is 164 Å². The zero-order chi connectivity index (χ0) is 19.4. The minimum Gasteiger partial charge on any atom is -0.457 e. The summed E-state index contributed by atoms with van der Waals surface area (Å²) in [5.41, 5.74) is 1.78. The fraction of sp³-hybridized carbons (Fsp3) is 0.0476. The molecule has 134 valence electrons. The fourth-order valence-electron chi connectivity index (χ4n) is 2.44. The molecule has 0 saturated carbocycles. The van der Waals surface area contributed by atoms with Crippen LogP contribution in [0.5, 0.6) is 0 Å². The van der Waals surface area contributed by atoms with Crippen molar-refractivity contribution in [3.05, 3.63) is 81.8 Å². The number of benzene rings is 2. The molecule has 0 aliphatic carbocycles. The van der Waals surface area contributed by atoms with E-state index in [1.807, 2.05) is 31.2 Å². The van der Waals surface area contributed by atoms with Crippen LogP contribution in [0.1, 0.15) is 11.3 Å². The van der Waals surface area contributed by atoms with Crippen LogP contribution < -0.4 is 5.32 Å². The summed E-state index contributed by atoms with van der Waals surface area (Å²) in [5.74, 6) is -0.345. The van der Waals surface area contributed by atoms with Gasteiger partial charge in [-0.3, -0.25) is 4.79 Å². The molecule has 6 heteroatoms. The Bertz CT molecular complexity index is 1080. The number of nitriles is 1. The highest BCUT2D eigenvalue weighted by molar-refractivity contribution is 9.10. The minimum atomic E-state index is -0.711. The number of anilines is 1. The Hall–Kier alpha value is -3.17. The van der Waals surface area contributed by atoms with Crippen LogP contribution in [0.15, 0.2) is 69.1 Å². The lowest BCUT2D eigenvalue weighted by Gasteiger charge is -2.04. The van der Waals surface area contributed by atoms with E-state index in [0.29, 0.717) is 11.5 Å². The van der Waals surface area contributed by atoms with Gasteiger partial charge in [-0.15, -0.1) is 0 Å². The first-order chi connectivity index (χ1) is 13.0. The number of hydrogen-bond donors (Lipinski definition) is 1. The molecule has 0 atom stereocenters. The number of carbonyl (C=O) groups is 1. The summed E-state index contributed by atoms with van der Waals surface area (Å²) < 4.78 is 20.3. The molecule has 0 bridgehead atoms. The average molecular weight is 425 g/mol. The van der Waals surface area contributed by atoms with Crippen molar-refractivity contribution in [2.24, 2.45) is 0 Å². The Morgan fingerprint density at radius 3 is 2.70 bits per heavy atom. The highest BCUT2D eigenvalue weighted by atomic mass is 79.9. The maximum Gasteiger partial charge on any atom is 0.266 e. The van der Waals surface area contributed by atoms with E-state index in [1.165, 1.54) is 24.3 Å². The van der Waals surface area contributed by atoms with Crippen LogP contribution in [0.2, 0.25) is 0 Å². The third-order valence-corrected chi connectivity index (χ3v) is 4.45. The lowest BCUT2D eigenvalue weighted by atomic mass is 10.1. The predicted molar refractivity (Wildman–Crippen MR) is 105 cm³/mol. The van der Waals surface area contributed by atoms with E-state index < -0.39 is 11.7 Å². The molecule has 1 heterocycles. The van der Waals surface area contributed by atoms with Crippen molar-refractivity contribution in [3.8, 4) is 17.4 Å². The Balaban J connectivity index is 1.84. The summed E-state index contributed by atoms with van der Waals surface area (Å²) in [7, 11) is 0. The second kappa shape index (κ2) is 8.02. The van der Waals surface area contributed by atoms with Crippen molar-refractivity contribution in [2.75, 3.05) is 5.32 Å². The van der Waals surface area contributed by atoms with Crippen molar-refractivity contribution in [3.63, 3.8) is 0 Å². The van der Waals surface area contributed by atoms with Gasteiger partial charge in [0.25, 0.3) is 5.91 Å². The normalized spacial score (nSPS) is 11.1. The molecule has 27 heavy (non-hydrogen) atoms. The van der Waals surface area contributed by atoms with Gasteiger partial charge in [-0.1, -0.05) is 34.1 Å². The number of halogens is 2. The number of nitrogens with zero attached hydrogens (tertiary/aromatic N) is 1. The van der Waals surface area contributed by atoms with Crippen LogP contribution in [0.25, 0.3) is 17.4 Å². The SMILES string of the molecule is Cc1ccc(-c2ccc(C=C(C#N)C(=O)Nc3ccccc3F)o2)c(Br)c1. The topological polar surface area (TPSA) is 66.0 Å². The largest absolute Gasteiger partial charge is 0.457 e. The summed E-state index contributed by atoms with van der Waals surface area (Å²) in [6.45, 7) is 1.98. The summed E-state index contributed by atoms with van der Waals surface area (Å²) in [5, 5.41) is 11.7. The number of aryl methyl sites for hydroxylation is 1. The van der Waals surface area contributed by atoms with Crippen molar-refractivity contribution in [1.82, 2.24) is 0 Å². The van der Waals surface area contributed by atoms with Crippen molar-refractivity contribution >= 4 is 33.6 Å². The zero-order valence-corrected chi connectivity index (χ0v) is 15.9. The number of furan rings is 1. The monoisotopic (exact) mass is 424 g/mol. The lowest BCUT2D eigenvalue weighted by Crippen LogP contribution is -2.14. The van der Waals surface area contributed by atoms with Gasteiger partial charge in [0.05, 0.1) is 5.69 Å². The third-order valence-electron chi connectivity index (χ3n) is 3.79. The first kappa shape index (κ1) is 18.6. The van der Waals surface area contributed by atoms with Crippen LogP contribution >= 0.6 is 15.9 Å². The van der Waals surface area contributed by atoms with Crippen LogP contribution in [0.4, 0.5) is 10.1 Å². The number of nitrogens with one attached hydrogen (secondary N) is 1. The second-order valence-electron chi connectivity index (χ2n) is 5.79. The average Bonchev–Trinajstić information content (AvgIpc) is 3.09. The second-order valence-corrected chi connectivity index (χ2v) is 6.64. The number of para-hydroxylation sites is 1. The molecule has 0 spiro atoms. The molecule has 3 rings (SSSR count). The maximum atomic E-state index is 13.7. The molecule has 1 N–H and O–H groups in total. The molecular formula is C21H14BrFN2O2. The minimum absolute atomic E-state index is 0.00682. The quantitative estimate of drug-likeness (QED) is 0.431. The Morgan fingerprint density at radius 2 is 2.00 bits per heavy atom. The molecule has 0 aliphatic rings. The summed E-state index contributed by atoms with van der Waals surface area (Å²) in [6, 6.07) is 16.8. The van der Waals surface area contributed by atoms with Crippen LogP contribution in [-0.4, -0.2) is 5.91 Å². The van der Waals surface area contributed by atoms with E-state index in [0.717, 1.165) is 15.6 Å². The molecule has 0 aliphatic heterocycles. The molecule has 0 fully saturated rings. The van der Waals surface area contributed by atoms with Crippen LogP contribution in [0, 0.1) is 24.1 Å². The third kappa shape index (κ3) is 4.33. The molecule has 0 radical (unpaired) electrons. The van der Waals surface area contributed by atoms with Gasteiger partial charge in [0, 0.05) is 16.1 Å². The molecular weight excluding hydrogens is 411 g/mol. The zero-order valence-electron chi connectivity index (χ0n) is 14.3. The molecule has 0 unspecified atom stereocenters.